The fraction of sp³-hybridized carbons (Fsp3) is 0.0667. The highest BCUT2D eigenvalue weighted by molar-refractivity contribution is 6.55. The maximum absolute atomic E-state index is 13.2. The molecule has 0 saturated carbocycles. The van der Waals surface area contributed by atoms with Crippen LogP contribution in [0.1, 0.15) is 15.9 Å². The molecule has 21 heavy (non-hydrogen) atoms. The zero-order valence-electron chi connectivity index (χ0n) is 10.6. The molecule has 0 radical (unpaired) electrons. The molecule has 1 heterocycles. The molecule has 0 fully saturated rings. The SMILES string of the molecule is O=C1C(=O)N(Cc2ccc(F)c(Cl)c2)c2cccc(Cl)c21. The topological polar surface area (TPSA) is 37.4 Å². The number of Topliss-reactive ketones (excluding diaryl/α,β-unsaturated/α-hetero) is 1. The Labute approximate surface area is 129 Å². The van der Waals surface area contributed by atoms with Gasteiger partial charge in [0.1, 0.15) is 5.82 Å². The Morgan fingerprint density at radius 3 is 2.52 bits per heavy atom. The van der Waals surface area contributed by atoms with Gasteiger partial charge in [-0.25, -0.2) is 4.39 Å². The van der Waals surface area contributed by atoms with Crippen LogP contribution >= 0.6 is 23.2 Å². The van der Waals surface area contributed by atoms with Crippen LogP contribution in [0.5, 0.6) is 0 Å². The summed E-state index contributed by atoms with van der Waals surface area (Å²) in [6, 6.07) is 9.04. The van der Waals surface area contributed by atoms with Crippen molar-refractivity contribution in [1.29, 1.82) is 0 Å². The summed E-state index contributed by atoms with van der Waals surface area (Å²) >= 11 is 11.7. The van der Waals surface area contributed by atoms with Gasteiger partial charge in [-0.05, 0) is 29.8 Å². The molecule has 1 aliphatic heterocycles. The van der Waals surface area contributed by atoms with Gasteiger partial charge in [0.2, 0.25) is 0 Å². The van der Waals surface area contributed by atoms with Crippen molar-refractivity contribution < 1.29 is 14.0 Å². The Kier molecular flexibility index (Phi) is 3.43. The Balaban J connectivity index is 2.00. The highest BCUT2D eigenvalue weighted by atomic mass is 35.5. The number of halogens is 3. The summed E-state index contributed by atoms with van der Waals surface area (Å²) in [5, 5.41) is 0.210. The summed E-state index contributed by atoms with van der Waals surface area (Å²) in [5.41, 5.74) is 1.28. The summed E-state index contributed by atoms with van der Waals surface area (Å²) in [4.78, 5) is 25.4. The average Bonchev–Trinajstić information content (AvgIpc) is 2.69. The lowest BCUT2D eigenvalue weighted by molar-refractivity contribution is -0.114. The molecule has 0 aromatic heterocycles. The predicted molar refractivity (Wildman–Crippen MR) is 78.4 cm³/mol. The Hall–Kier alpha value is -1.91. The van der Waals surface area contributed by atoms with E-state index in [4.69, 9.17) is 23.2 Å². The number of amides is 1. The van der Waals surface area contributed by atoms with E-state index in [9.17, 15) is 14.0 Å². The van der Waals surface area contributed by atoms with E-state index in [1.807, 2.05) is 0 Å². The van der Waals surface area contributed by atoms with Crippen molar-refractivity contribution in [3.8, 4) is 0 Å². The van der Waals surface area contributed by atoms with Crippen LogP contribution in [0, 0.1) is 5.82 Å². The van der Waals surface area contributed by atoms with E-state index >= 15 is 0 Å². The molecule has 0 saturated heterocycles. The first kappa shape index (κ1) is 14.0. The van der Waals surface area contributed by atoms with Gasteiger partial charge in [0.15, 0.2) is 0 Å². The lowest BCUT2D eigenvalue weighted by Gasteiger charge is -2.16. The molecule has 0 bridgehead atoms. The van der Waals surface area contributed by atoms with Gasteiger partial charge >= 0.3 is 0 Å². The second kappa shape index (κ2) is 5.13. The first-order valence-corrected chi connectivity index (χ1v) is 6.83. The number of benzene rings is 2. The third-order valence-electron chi connectivity index (χ3n) is 3.27. The number of anilines is 1. The number of nitrogens with zero attached hydrogens (tertiary/aromatic N) is 1. The smallest absolute Gasteiger partial charge is 0.299 e. The van der Waals surface area contributed by atoms with E-state index in [0.717, 1.165) is 0 Å². The number of fused-ring (bicyclic) bond motifs is 1. The summed E-state index contributed by atoms with van der Waals surface area (Å²) in [5.74, 6) is -1.82. The number of hydrogen-bond donors (Lipinski definition) is 0. The van der Waals surface area contributed by atoms with Gasteiger partial charge < -0.3 is 4.90 Å². The Bertz CT molecular complexity index is 776. The van der Waals surface area contributed by atoms with Crippen LogP contribution in [0.3, 0.4) is 0 Å². The van der Waals surface area contributed by atoms with Crippen LogP contribution in [-0.2, 0) is 11.3 Å². The molecule has 2 aromatic rings. The van der Waals surface area contributed by atoms with E-state index in [-0.39, 0.29) is 22.2 Å². The zero-order chi connectivity index (χ0) is 15.1. The van der Waals surface area contributed by atoms with Crippen LogP contribution in [0.15, 0.2) is 36.4 Å². The molecule has 106 valence electrons. The van der Waals surface area contributed by atoms with Crippen molar-refractivity contribution >= 4 is 40.6 Å². The standard InChI is InChI=1S/C15H8Cl2FNO2/c16-9-2-1-3-12-13(9)14(20)15(21)19(12)7-8-4-5-11(18)10(17)6-8/h1-6H,7H2. The van der Waals surface area contributed by atoms with Crippen molar-refractivity contribution in [1.82, 2.24) is 0 Å². The molecule has 2 aromatic carbocycles. The zero-order valence-corrected chi connectivity index (χ0v) is 12.1. The quantitative estimate of drug-likeness (QED) is 0.787. The normalized spacial score (nSPS) is 13.8. The minimum Gasteiger partial charge on any atom is -0.300 e. The second-order valence-corrected chi connectivity index (χ2v) is 5.42. The predicted octanol–water partition coefficient (Wildman–Crippen LogP) is 3.86. The second-order valence-electron chi connectivity index (χ2n) is 4.60. The van der Waals surface area contributed by atoms with E-state index in [1.165, 1.54) is 23.1 Å². The van der Waals surface area contributed by atoms with Gasteiger partial charge in [-0.15, -0.1) is 0 Å². The van der Waals surface area contributed by atoms with Crippen molar-refractivity contribution in [2.24, 2.45) is 0 Å². The van der Waals surface area contributed by atoms with Crippen LogP contribution in [0.2, 0.25) is 10.0 Å². The van der Waals surface area contributed by atoms with E-state index in [0.29, 0.717) is 11.3 Å². The fourth-order valence-corrected chi connectivity index (χ4v) is 2.74. The third-order valence-corrected chi connectivity index (χ3v) is 3.88. The summed E-state index contributed by atoms with van der Waals surface area (Å²) < 4.78 is 13.2. The minimum atomic E-state index is -0.654. The Morgan fingerprint density at radius 1 is 1.05 bits per heavy atom. The molecule has 0 spiro atoms. The molecular formula is C15H8Cl2FNO2. The van der Waals surface area contributed by atoms with E-state index in [1.54, 1.807) is 18.2 Å². The monoisotopic (exact) mass is 323 g/mol. The van der Waals surface area contributed by atoms with Gasteiger partial charge in [-0.1, -0.05) is 35.3 Å². The average molecular weight is 324 g/mol. The molecule has 0 aliphatic carbocycles. The largest absolute Gasteiger partial charge is 0.300 e. The van der Waals surface area contributed by atoms with Crippen LogP contribution in [0.4, 0.5) is 10.1 Å². The van der Waals surface area contributed by atoms with Crippen molar-refractivity contribution in [2.75, 3.05) is 4.90 Å². The van der Waals surface area contributed by atoms with Crippen LogP contribution in [-0.4, -0.2) is 11.7 Å². The summed E-state index contributed by atoms with van der Waals surface area (Å²) in [6.45, 7) is 0.123. The number of rotatable bonds is 2. The molecule has 0 unspecified atom stereocenters. The number of ketones is 1. The molecule has 0 N–H and O–H groups in total. The fourth-order valence-electron chi connectivity index (χ4n) is 2.28. The molecule has 1 amide bonds. The summed E-state index contributed by atoms with van der Waals surface area (Å²) in [6.07, 6.45) is 0. The van der Waals surface area contributed by atoms with Gasteiger partial charge in [0.25, 0.3) is 11.7 Å². The lowest BCUT2D eigenvalue weighted by Crippen LogP contribution is -2.29. The van der Waals surface area contributed by atoms with Crippen molar-refractivity contribution in [3.05, 3.63) is 63.4 Å². The lowest BCUT2D eigenvalue weighted by atomic mass is 10.1. The third kappa shape index (κ3) is 2.30. The van der Waals surface area contributed by atoms with Crippen LogP contribution < -0.4 is 4.90 Å². The first-order valence-electron chi connectivity index (χ1n) is 6.07. The maximum atomic E-state index is 13.2. The maximum Gasteiger partial charge on any atom is 0.299 e. The first-order chi connectivity index (χ1) is 9.99. The highest BCUT2D eigenvalue weighted by Gasteiger charge is 2.37. The number of carbonyl (C=O) groups excluding carboxylic acids is 2. The number of carbonyl (C=O) groups is 2. The molecule has 0 atom stereocenters. The van der Waals surface area contributed by atoms with Gasteiger partial charge in [-0.2, -0.15) is 0 Å². The summed E-state index contributed by atoms with van der Waals surface area (Å²) in [7, 11) is 0. The molecule has 6 heteroatoms. The molecular weight excluding hydrogens is 316 g/mol. The number of hydrogen-bond acceptors (Lipinski definition) is 2. The molecule has 1 aliphatic rings. The minimum absolute atomic E-state index is 0.0307. The van der Waals surface area contributed by atoms with Crippen molar-refractivity contribution in [3.63, 3.8) is 0 Å². The van der Waals surface area contributed by atoms with E-state index < -0.39 is 17.5 Å². The van der Waals surface area contributed by atoms with Gasteiger partial charge in [0, 0.05) is 0 Å². The van der Waals surface area contributed by atoms with Crippen molar-refractivity contribution in [2.45, 2.75) is 6.54 Å². The van der Waals surface area contributed by atoms with Gasteiger partial charge in [-0.3, -0.25) is 9.59 Å². The molecule has 3 nitrogen and oxygen atoms in total. The molecule has 3 rings (SSSR count). The van der Waals surface area contributed by atoms with Gasteiger partial charge in [0.05, 0.1) is 27.8 Å². The van der Waals surface area contributed by atoms with Crippen LogP contribution in [0.25, 0.3) is 0 Å². The van der Waals surface area contributed by atoms with E-state index in [2.05, 4.69) is 0 Å². The Morgan fingerprint density at radius 2 is 1.81 bits per heavy atom. The highest BCUT2D eigenvalue weighted by Crippen LogP contribution is 2.35.